The smallest absolute Gasteiger partial charge is 0.347 e. The number of alkyl halides is 4. The first-order valence-corrected chi connectivity index (χ1v) is 12.0. The number of hydrogen-bond acceptors (Lipinski definition) is 6. The first-order chi connectivity index (χ1) is 16.2. The van der Waals surface area contributed by atoms with Crippen LogP contribution in [0.3, 0.4) is 0 Å². The molecule has 3 aromatic rings. The minimum atomic E-state index is -5.28. The maximum Gasteiger partial charge on any atom is 0.347 e. The normalized spacial score (nSPS) is 16.5. The molecule has 1 aliphatic carbocycles. The van der Waals surface area contributed by atoms with Crippen molar-refractivity contribution in [2.75, 3.05) is 5.32 Å². The molecule has 7 nitrogen and oxygen atoms in total. The maximum atomic E-state index is 15.1. The van der Waals surface area contributed by atoms with E-state index in [0.717, 1.165) is 22.8 Å². The van der Waals surface area contributed by atoms with Gasteiger partial charge in [0, 0.05) is 24.8 Å². The van der Waals surface area contributed by atoms with Gasteiger partial charge in [-0.1, -0.05) is 12.1 Å². The summed E-state index contributed by atoms with van der Waals surface area (Å²) in [7, 11) is -5.28. The molecule has 4 rings (SSSR count). The van der Waals surface area contributed by atoms with Crippen molar-refractivity contribution in [3.63, 3.8) is 0 Å². The number of nitrogens with one attached hydrogen (secondary N) is 1. The van der Waals surface area contributed by atoms with E-state index in [1.807, 2.05) is 0 Å². The van der Waals surface area contributed by atoms with Gasteiger partial charge in [-0.2, -0.15) is 8.78 Å². The van der Waals surface area contributed by atoms with Gasteiger partial charge in [-0.05, 0) is 32.8 Å². The highest BCUT2D eigenvalue weighted by Gasteiger charge is 2.53. The number of anilines is 1. The van der Waals surface area contributed by atoms with E-state index in [1.165, 1.54) is 26.1 Å². The van der Waals surface area contributed by atoms with Crippen LogP contribution >= 0.6 is 0 Å². The number of benzene rings is 1. The lowest BCUT2D eigenvalue weighted by Gasteiger charge is -2.21. The molecule has 13 heteroatoms. The molecule has 0 spiro atoms. The molecule has 0 aliphatic heterocycles. The third kappa shape index (κ3) is 4.15. The van der Waals surface area contributed by atoms with Gasteiger partial charge in [0.15, 0.2) is 0 Å². The van der Waals surface area contributed by atoms with Crippen molar-refractivity contribution >= 4 is 26.6 Å². The summed E-state index contributed by atoms with van der Waals surface area (Å²) in [5, 5.41) is -1.12. The van der Waals surface area contributed by atoms with Crippen molar-refractivity contribution in [1.29, 1.82) is 0 Å². The fraction of sp³-hybridized carbons (Fsp3) is 0.409. The Labute approximate surface area is 196 Å². The van der Waals surface area contributed by atoms with Gasteiger partial charge in [0.25, 0.3) is 12.0 Å². The van der Waals surface area contributed by atoms with E-state index in [1.54, 1.807) is 0 Å². The Balaban J connectivity index is 1.79. The van der Waals surface area contributed by atoms with Crippen LogP contribution in [0.15, 0.2) is 40.2 Å². The number of aryl methyl sites for hydroxylation is 1. The van der Waals surface area contributed by atoms with Crippen molar-refractivity contribution in [3.8, 4) is 0 Å². The van der Waals surface area contributed by atoms with Gasteiger partial charge in [0.1, 0.15) is 27.9 Å². The second kappa shape index (κ2) is 8.25. The highest BCUT2D eigenvalue weighted by atomic mass is 32.2. The lowest BCUT2D eigenvalue weighted by atomic mass is 10.1. The van der Waals surface area contributed by atoms with Gasteiger partial charge in [-0.25, -0.2) is 31.6 Å². The summed E-state index contributed by atoms with van der Waals surface area (Å²) in [5.74, 6) is -1.05. The van der Waals surface area contributed by atoms with Crippen LogP contribution < -0.4 is 10.9 Å². The van der Waals surface area contributed by atoms with E-state index < -0.39 is 49.4 Å². The fourth-order valence-electron chi connectivity index (χ4n) is 3.92. The second-order valence-corrected chi connectivity index (χ2v) is 10.8. The van der Waals surface area contributed by atoms with Crippen LogP contribution in [0.4, 0.5) is 27.8 Å². The van der Waals surface area contributed by atoms with Crippen LogP contribution in [0.5, 0.6) is 0 Å². The molecular formula is C22H21F5N4O3S. The Morgan fingerprint density at radius 1 is 1.20 bits per heavy atom. The predicted octanol–water partition coefficient (Wildman–Crippen LogP) is 4.55. The lowest BCUT2D eigenvalue weighted by Crippen LogP contribution is -2.35. The van der Waals surface area contributed by atoms with Crippen LogP contribution in [0.2, 0.25) is 0 Å². The van der Waals surface area contributed by atoms with Crippen molar-refractivity contribution in [1.82, 2.24) is 14.5 Å². The first-order valence-electron chi connectivity index (χ1n) is 10.6. The number of halogens is 5. The largest absolute Gasteiger partial charge is 0.363 e. The molecule has 1 saturated carbocycles. The summed E-state index contributed by atoms with van der Waals surface area (Å²) in [4.78, 5) is 19.8. The molecule has 188 valence electrons. The number of aromatic nitrogens is 3. The van der Waals surface area contributed by atoms with E-state index in [9.17, 15) is 30.8 Å². The van der Waals surface area contributed by atoms with Gasteiger partial charge in [-0.3, -0.25) is 4.79 Å². The van der Waals surface area contributed by atoms with Gasteiger partial charge in [-0.15, -0.1) is 0 Å². The summed E-state index contributed by atoms with van der Waals surface area (Å²) < 4.78 is 94.9. The SMILES string of the molecule is Cc1nc(N[C@H](C)c2cccc(S(=O)(=O)C(C)(F)F)c2F)c2cn(C3(C(F)F)CC3)c(=O)cc2n1. The number of hydrogen-bond donors (Lipinski definition) is 1. The molecule has 0 bridgehead atoms. The van der Waals surface area contributed by atoms with E-state index in [0.29, 0.717) is 0 Å². The van der Waals surface area contributed by atoms with E-state index in [-0.39, 0.29) is 47.9 Å². The summed E-state index contributed by atoms with van der Waals surface area (Å²) in [6, 6.07) is 3.23. The van der Waals surface area contributed by atoms with Gasteiger partial charge < -0.3 is 9.88 Å². The predicted molar refractivity (Wildman–Crippen MR) is 118 cm³/mol. The fourth-order valence-corrected chi connectivity index (χ4v) is 4.91. The summed E-state index contributed by atoms with van der Waals surface area (Å²) >= 11 is 0. The number of pyridine rings is 1. The van der Waals surface area contributed by atoms with E-state index in [4.69, 9.17) is 0 Å². The molecule has 1 atom stereocenters. The van der Waals surface area contributed by atoms with Crippen LogP contribution in [0, 0.1) is 12.7 Å². The van der Waals surface area contributed by atoms with Gasteiger partial charge in [0.05, 0.1) is 16.9 Å². The van der Waals surface area contributed by atoms with Crippen LogP contribution in [0.25, 0.3) is 10.9 Å². The van der Waals surface area contributed by atoms with Crippen molar-refractivity contribution in [2.45, 2.75) is 61.8 Å². The number of fused-ring (bicyclic) bond motifs is 1. The molecule has 2 heterocycles. The van der Waals surface area contributed by atoms with Crippen LogP contribution in [0.1, 0.15) is 44.1 Å². The summed E-state index contributed by atoms with van der Waals surface area (Å²) in [6.45, 7) is 3.14. The van der Waals surface area contributed by atoms with Crippen LogP contribution in [-0.2, 0) is 15.4 Å². The van der Waals surface area contributed by atoms with Crippen molar-refractivity contribution in [2.24, 2.45) is 0 Å². The monoisotopic (exact) mass is 516 g/mol. The Hall–Kier alpha value is -3.09. The summed E-state index contributed by atoms with van der Waals surface area (Å²) in [6.07, 6.45) is -1.30. The van der Waals surface area contributed by atoms with E-state index in [2.05, 4.69) is 15.3 Å². The zero-order valence-corrected chi connectivity index (χ0v) is 19.6. The molecule has 1 fully saturated rings. The Morgan fingerprint density at radius 3 is 2.43 bits per heavy atom. The Bertz CT molecular complexity index is 1480. The molecule has 0 radical (unpaired) electrons. The Morgan fingerprint density at radius 2 is 1.86 bits per heavy atom. The molecule has 1 aliphatic rings. The van der Waals surface area contributed by atoms with Crippen LogP contribution in [-0.4, -0.2) is 34.6 Å². The molecule has 0 amide bonds. The number of sulfone groups is 1. The number of rotatable bonds is 7. The van der Waals surface area contributed by atoms with Gasteiger partial charge in [0.2, 0.25) is 9.84 Å². The summed E-state index contributed by atoms with van der Waals surface area (Å²) in [5.41, 5.74) is -2.34. The molecular weight excluding hydrogens is 495 g/mol. The standard InChI is InChI=1S/C22H21F5N4O3S/c1-11(13-5-4-6-16(18(13)23)35(33,34)21(3,26)27)28-19-14-10-31(22(7-8-22)20(24)25)17(32)9-15(14)29-12(2)30-19/h4-6,9-11,20H,7-8H2,1-3H3,(H,28,29,30)/t11-/m1/s1. The minimum Gasteiger partial charge on any atom is -0.363 e. The van der Waals surface area contributed by atoms with E-state index >= 15 is 4.39 Å². The molecule has 35 heavy (non-hydrogen) atoms. The average Bonchev–Trinajstić information content (AvgIpc) is 3.54. The van der Waals surface area contributed by atoms with Crippen molar-refractivity contribution in [3.05, 3.63) is 58.0 Å². The minimum absolute atomic E-state index is 0.0762. The number of nitrogens with zero attached hydrogens (tertiary/aromatic N) is 3. The zero-order valence-electron chi connectivity index (χ0n) is 18.8. The molecule has 2 aromatic heterocycles. The maximum absolute atomic E-state index is 15.1. The molecule has 1 N–H and O–H groups in total. The third-order valence-corrected chi connectivity index (χ3v) is 7.90. The molecule has 0 saturated heterocycles. The first kappa shape index (κ1) is 25.0. The topological polar surface area (TPSA) is 94.0 Å². The van der Waals surface area contributed by atoms with Gasteiger partial charge >= 0.3 is 5.25 Å². The van der Waals surface area contributed by atoms with Crippen molar-refractivity contribution < 1.29 is 30.4 Å². The zero-order chi connectivity index (χ0) is 25.9. The average molecular weight is 516 g/mol. The third-order valence-electron chi connectivity index (χ3n) is 6.07. The Kier molecular flexibility index (Phi) is 5.89. The molecule has 0 unspecified atom stereocenters. The molecule has 1 aromatic carbocycles. The second-order valence-electron chi connectivity index (χ2n) is 8.64. The highest BCUT2D eigenvalue weighted by Crippen LogP contribution is 2.48. The quantitative estimate of drug-likeness (QED) is 0.463. The highest BCUT2D eigenvalue weighted by molar-refractivity contribution is 7.92. The lowest BCUT2D eigenvalue weighted by molar-refractivity contribution is 0.0654.